The predicted octanol–water partition coefficient (Wildman–Crippen LogP) is 3.67. The van der Waals surface area contributed by atoms with E-state index in [1.807, 2.05) is 44.2 Å². The van der Waals surface area contributed by atoms with Gasteiger partial charge in [0.05, 0.1) is 0 Å². The van der Waals surface area contributed by atoms with Gasteiger partial charge in [-0.1, -0.05) is 44.2 Å². The van der Waals surface area contributed by atoms with E-state index in [2.05, 4.69) is 5.32 Å². The molecule has 0 bridgehead atoms. The van der Waals surface area contributed by atoms with Crippen LogP contribution in [0.5, 0.6) is 0 Å². The molecule has 0 aliphatic carbocycles. The van der Waals surface area contributed by atoms with Gasteiger partial charge in [-0.3, -0.25) is 0 Å². The second-order valence-electron chi connectivity index (χ2n) is 6.92. The van der Waals surface area contributed by atoms with Crippen molar-refractivity contribution in [3.8, 4) is 0 Å². The van der Waals surface area contributed by atoms with Crippen LogP contribution in [0.2, 0.25) is 0 Å². The summed E-state index contributed by atoms with van der Waals surface area (Å²) in [5.41, 5.74) is 0.293. The maximum absolute atomic E-state index is 12.3. The summed E-state index contributed by atoms with van der Waals surface area (Å²) in [6.45, 7) is 9.47. The van der Waals surface area contributed by atoms with Crippen molar-refractivity contribution >= 4 is 12.1 Å². The number of hydrogen-bond acceptors (Lipinski definition) is 4. The van der Waals surface area contributed by atoms with E-state index in [0.29, 0.717) is 6.42 Å². The van der Waals surface area contributed by atoms with E-state index in [1.54, 1.807) is 20.8 Å². The molecule has 1 aromatic rings. The molecule has 1 rings (SSSR count). The molecule has 1 N–H and O–H groups in total. The summed E-state index contributed by atoms with van der Waals surface area (Å²) in [7, 11) is 0. The average Bonchev–Trinajstić information content (AvgIpc) is 2.42. The van der Waals surface area contributed by atoms with E-state index in [0.717, 1.165) is 5.56 Å². The third-order valence-corrected chi connectivity index (χ3v) is 2.91. The smallest absolute Gasteiger partial charge is 0.408 e. The summed E-state index contributed by atoms with van der Waals surface area (Å²) in [5.74, 6) is -0.215. The van der Waals surface area contributed by atoms with Crippen molar-refractivity contribution in [3.63, 3.8) is 0 Å². The summed E-state index contributed by atoms with van der Waals surface area (Å²) >= 11 is 0. The highest BCUT2D eigenvalue weighted by Gasteiger charge is 2.26. The largest absolute Gasteiger partial charge is 0.459 e. The molecule has 0 spiro atoms. The molecule has 1 atom stereocenters. The molecule has 0 saturated heterocycles. The van der Waals surface area contributed by atoms with Crippen molar-refractivity contribution in [1.29, 1.82) is 0 Å². The van der Waals surface area contributed by atoms with Gasteiger partial charge in [-0.25, -0.2) is 9.59 Å². The lowest BCUT2D eigenvalue weighted by molar-refractivity contribution is -0.148. The quantitative estimate of drug-likeness (QED) is 0.641. The molecule has 0 unspecified atom stereocenters. The summed E-state index contributed by atoms with van der Waals surface area (Å²) < 4.78 is 10.5. The van der Waals surface area contributed by atoms with Crippen LogP contribution in [0.4, 0.5) is 4.79 Å². The van der Waals surface area contributed by atoms with Crippen LogP contribution >= 0.6 is 0 Å². The van der Waals surface area contributed by atoms with Crippen molar-refractivity contribution in [2.24, 2.45) is 5.92 Å². The Morgan fingerprint density at radius 3 is 2.26 bits per heavy atom. The van der Waals surface area contributed by atoms with Crippen LogP contribution in [0.25, 0.3) is 0 Å². The highest BCUT2D eigenvalue weighted by Crippen LogP contribution is 2.11. The Balaban J connectivity index is 2.61. The molecular weight excluding hydrogens is 295 g/mol. The van der Waals surface area contributed by atoms with E-state index >= 15 is 0 Å². The molecular formula is C18H27NO4. The molecule has 0 fully saturated rings. The van der Waals surface area contributed by atoms with Crippen LogP contribution in [0.3, 0.4) is 0 Å². The molecule has 0 radical (unpaired) electrons. The minimum Gasteiger partial charge on any atom is -0.459 e. The Morgan fingerprint density at radius 2 is 1.74 bits per heavy atom. The van der Waals surface area contributed by atoms with Gasteiger partial charge in [0.2, 0.25) is 0 Å². The van der Waals surface area contributed by atoms with Gasteiger partial charge >= 0.3 is 12.1 Å². The maximum Gasteiger partial charge on any atom is 0.408 e. The molecule has 5 heteroatoms. The first-order chi connectivity index (χ1) is 10.7. The molecule has 1 amide bonds. The molecule has 0 aromatic heterocycles. The summed E-state index contributed by atoms with van der Waals surface area (Å²) in [6.07, 6.45) is -0.118. The van der Waals surface area contributed by atoms with E-state index in [1.165, 1.54) is 0 Å². The van der Waals surface area contributed by atoms with E-state index in [-0.39, 0.29) is 12.5 Å². The Labute approximate surface area is 138 Å². The van der Waals surface area contributed by atoms with Crippen molar-refractivity contribution < 1.29 is 19.1 Å². The topological polar surface area (TPSA) is 64.6 Å². The van der Waals surface area contributed by atoms with E-state index in [9.17, 15) is 9.59 Å². The number of nitrogens with one attached hydrogen (secondary N) is 1. The number of ether oxygens (including phenoxy) is 2. The number of alkyl carbamates (subject to hydrolysis) is 1. The van der Waals surface area contributed by atoms with E-state index in [4.69, 9.17) is 9.47 Å². The highest BCUT2D eigenvalue weighted by molar-refractivity contribution is 5.81. The fourth-order valence-electron chi connectivity index (χ4n) is 1.96. The van der Waals surface area contributed by atoms with E-state index < -0.39 is 23.7 Å². The zero-order chi connectivity index (χ0) is 17.5. The Morgan fingerprint density at radius 1 is 1.13 bits per heavy atom. The minimum absolute atomic E-state index is 0.185. The molecule has 0 heterocycles. The summed E-state index contributed by atoms with van der Waals surface area (Å²) in [5, 5.41) is 2.61. The van der Waals surface area contributed by atoms with Crippen LogP contribution in [0, 0.1) is 5.92 Å². The lowest BCUT2D eigenvalue weighted by Gasteiger charge is -2.23. The summed E-state index contributed by atoms with van der Waals surface area (Å²) in [4.78, 5) is 24.1. The third kappa shape index (κ3) is 8.24. The number of benzene rings is 1. The first-order valence-corrected chi connectivity index (χ1v) is 7.87. The second kappa shape index (κ2) is 8.56. The van der Waals surface area contributed by atoms with Gasteiger partial charge in [0.25, 0.3) is 0 Å². The number of hydrogen-bond donors (Lipinski definition) is 1. The molecule has 0 aliphatic rings. The van der Waals surface area contributed by atoms with Gasteiger partial charge in [0, 0.05) is 0 Å². The van der Waals surface area contributed by atoms with Crippen molar-refractivity contribution in [3.05, 3.63) is 35.9 Å². The molecule has 5 nitrogen and oxygen atoms in total. The molecule has 0 aliphatic heterocycles. The van der Waals surface area contributed by atoms with Crippen LogP contribution in [-0.4, -0.2) is 23.7 Å². The van der Waals surface area contributed by atoms with Crippen LogP contribution in [0.1, 0.15) is 46.6 Å². The summed E-state index contributed by atoms with van der Waals surface area (Å²) in [6, 6.07) is 8.71. The SMILES string of the molecule is CC(C)C[C@H]([15NH]C(=O)OC(C)(C)C)C(=O)OCc1ccccc1. The van der Waals surface area contributed by atoms with Gasteiger partial charge in [0.1, 0.15) is 18.2 Å². The number of rotatable bonds is 6. The van der Waals surface area contributed by atoms with Gasteiger partial charge in [-0.2, -0.15) is 0 Å². The van der Waals surface area contributed by atoms with Crippen molar-refractivity contribution in [2.45, 2.75) is 59.3 Å². The monoisotopic (exact) mass is 322 g/mol. The third-order valence-electron chi connectivity index (χ3n) is 2.91. The Hall–Kier alpha value is -2.04. The second-order valence-corrected chi connectivity index (χ2v) is 6.92. The molecule has 23 heavy (non-hydrogen) atoms. The van der Waals surface area contributed by atoms with Crippen LogP contribution < -0.4 is 5.32 Å². The Bertz CT molecular complexity index is 506. The lowest BCUT2D eigenvalue weighted by Crippen LogP contribution is -2.44. The van der Waals surface area contributed by atoms with Crippen LogP contribution in [0.15, 0.2) is 30.3 Å². The van der Waals surface area contributed by atoms with Gasteiger partial charge in [-0.05, 0) is 38.7 Å². The van der Waals surface area contributed by atoms with Crippen molar-refractivity contribution in [1.82, 2.24) is 5.32 Å². The van der Waals surface area contributed by atoms with Gasteiger partial charge in [-0.15, -0.1) is 0 Å². The minimum atomic E-state index is -0.714. The molecule has 0 saturated carbocycles. The maximum atomic E-state index is 12.3. The fraction of sp³-hybridized carbons (Fsp3) is 0.556. The van der Waals surface area contributed by atoms with Gasteiger partial charge in [0.15, 0.2) is 0 Å². The highest BCUT2D eigenvalue weighted by atomic mass is 16.6. The first kappa shape index (κ1) is 19.0. The zero-order valence-electron chi connectivity index (χ0n) is 14.6. The normalized spacial score (nSPS) is 12.6. The lowest BCUT2D eigenvalue weighted by atomic mass is 10.1. The predicted molar refractivity (Wildman–Crippen MR) is 88.9 cm³/mol. The molecule has 128 valence electrons. The molecule has 1 aromatic carbocycles. The Kier molecular flexibility index (Phi) is 7.07. The fourth-order valence-corrected chi connectivity index (χ4v) is 1.96. The standard InChI is InChI=1S/C18H27NO4/c1-13(2)11-15(19-17(21)23-18(3,4)5)16(20)22-12-14-9-7-6-8-10-14/h6-10,13,15H,11-12H2,1-5H3,(H,19,21)/t15-/m0/s1/i19+1. The average molecular weight is 322 g/mol. The number of carbonyl (C=O) groups is 2. The number of amides is 1. The zero-order valence-corrected chi connectivity index (χ0v) is 14.6. The van der Waals surface area contributed by atoms with Crippen LogP contribution in [-0.2, 0) is 20.9 Å². The number of esters is 1. The first-order valence-electron chi connectivity index (χ1n) is 7.87. The van der Waals surface area contributed by atoms with Crippen molar-refractivity contribution in [2.75, 3.05) is 0 Å². The number of carbonyl (C=O) groups excluding carboxylic acids is 2. The van der Waals surface area contributed by atoms with Gasteiger partial charge < -0.3 is 14.8 Å².